The number of alkyl carbamates (subject to hydrolysis) is 1. The van der Waals surface area contributed by atoms with E-state index in [-0.39, 0.29) is 99.3 Å². The fourth-order valence-corrected chi connectivity index (χ4v) is 11.2. The minimum absolute atomic E-state index is 0.00139. The predicted molar refractivity (Wildman–Crippen MR) is 291 cm³/mol. The van der Waals surface area contributed by atoms with Crippen LogP contribution in [0.2, 0.25) is 0 Å². The molecule has 0 bridgehead atoms. The maximum atomic E-state index is 14.5. The molecule has 0 aromatic heterocycles. The molecule has 0 saturated carbocycles. The summed E-state index contributed by atoms with van der Waals surface area (Å²) in [6, 6.07) is 20.2. The van der Waals surface area contributed by atoms with Crippen LogP contribution in [-0.4, -0.2) is 120 Å². The maximum absolute atomic E-state index is 14.5. The molecule has 9 atom stereocenters. The summed E-state index contributed by atoms with van der Waals surface area (Å²) in [4.78, 5) is 113. The van der Waals surface area contributed by atoms with E-state index in [2.05, 4.69) is 49.4 Å². The molecule has 0 spiro atoms. The predicted octanol–water partition coefficient (Wildman–Crippen LogP) is 5.20. The fourth-order valence-electron chi connectivity index (χ4n) is 11.2. The SMILES string of the molecule is CN[C@@H](C)C(=O)N[C@H](C(=O)N1C[C@@H](NC(=O)CCCC(=O)NCCC[C@H](NC(=O)OCc2ccccc2)C(=O)N2C[C@@H](C)C[C@H]2C(=O)N[C@@H]2CCCc3ccccc32)C[C@H]1C(=O)N[C@@H]1CCCc2ccccc21)C(C)(C)C. The largest absolute Gasteiger partial charge is 0.445 e. The highest BCUT2D eigenvalue weighted by atomic mass is 16.5. The van der Waals surface area contributed by atoms with Crippen molar-refractivity contribution in [2.75, 3.05) is 26.7 Å². The molecule has 7 N–H and O–H groups in total. The zero-order valence-electron chi connectivity index (χ0n) is 45.8. The lowest BCUT2D eigenvalue weighted by Crippen LogP contribution is -2.59. The van der Waals surface area contributed by atoms with Crippen LogP contribution in [0.1, 0.15) is 145 Å². The number of likely N-dealkylation sites (N-methyl/N-ethyl adjacent to an activating group) is 1. The summed E-state index contributed by atoms with van der Waals surface area (Å²) >= 11 is 0. The highest BCUT2D eigenvalue weighted by molar-refractivity contribution is 5.95. The maximum Gasteiger partial charge on any atom is 0.408 e. The molecule has 416 valence electrons. The second kappa shape index (κ2) is 27.0. The van der Waals surface area contributed by atoms with Gasteiger partial charge in [-0.25, -0.2) is 4.79 Å². The molecular formula is C59H81N9O9. The number of rotatable bonds is 21. The van der Waals surface area contributed by atoms with Gasteiger partial charge < -0.3 is 51.8 Å². The minimum atomic E-state index is -1.04. The highest BCUT2D eigenvalue weighted by Crippen LogP contribution is 2.33. The Morgan fingerprint density at radius 3 is 1.86 bits per heavy atom. The van der Waals surface area contributed by atoms with Crippen LogP contribution in [0.15, 0.2) is 78.9 Å². The number of hydrogen-bond acceptors (Lipinski definition) is 10. The molecule has 2 aliphatic heterocycles. The van der Waals surface area contributed by atoms with Crippen molar-refractivity contribution >= 4 is 47.4 Å². The average molecular weight is 1060 g/mol. The lowest BCUT2D eigenvalue weighted by atomic mass is 9.85. The molecule has 2 heterocycles. The van der Waals surface area contributed by atoms with Gasteiger partial charge in [-0.05, 0) is 124 Å². The number of likely N-dealkylation sites (tertiary alicyclic amines) is 2. The van der Waals surface area contributed by atoms with Gasteiger partial charge in [-0.2, -0.15) is 0 Å². The van der Waals surface area contributed by atoms with E-state index in [1.165, 1.54) is 16.0 Å². The summed E-state index contributed by atoms with van der Waals surface area (Å²) in [6.07, 6.45) is 5.87. The molecule has 18 nitrogen and oxygen atoms in total. The molecule has 2 aliphatic carbocycles. The van der Waals surface area contributed by atoms with Gasteiger partial charge in [0.25, 0.3) is 0 Å². The molecule has 18 heteroatoms. The van der Waals surface area contributed by atoms with Crippen LogP contribution in [0.3, 0.4) is 0 Å². The minimum Gasteiger partial charge on any atom is -0.445 e. The Morgan fingerprint density at radius 2 is 1.25 bits per heavy atom. The van der Waals surface area contributed by atoms with Gasteiger partial charge in [0.05, 0.1) is 18.1 Å². The Labute approximate surface area is 453 Å². The van der Waals surface area contributed by atoms with E-state index in [0.717, 1.165) is 55.2 Å². The Hall–Kier alpha value is -6.82. The van der Waals surface area contributed by atoms with Gasteiger partial charge in [0, 0.05) is 38.5 Å². The molecule has 3 aromatic carbocycles. The Balaban J connectivity index is 0.924. The number of amides is 8. The van der Waals surface area contributed by atoms with E-state index >= 15 is 0 Å². The Morgan fingerprint density at radius 1 is 0.675 bits per heavy atom. The lowest BCUT2D eigenvalue weighted by molar-refractivity contribution is -0.144. The monoisotopic (exact) mass is 1060 g/mol. The van der Waals surface area contributed by atoms with Crippen molar-refractivity contribution in [1.29, 1.82) is 0 Å². The summed E-state index contributed by atoms with van der Waals surface area (Å²) in [5, 5.41) is 20.9. The summed E-state index contributed by atoms with van der Waals surface area (Å²) in [5.41, 5.74) is 4.60. The number of carbonyl (C=O) groups is 8. The van der Waals surface area contributed by atoms with Gasteiger partial charge in [0.1, 0.15) is 30.8 Å². The van der Waals surface area contributed by atoms with Crippen molar-refractivity contribution in [1.82, 2.24) is 47.0 Å². The van der Waals surface area contributed by atoms with E-state index in [9.17, 15) is 38.4 Å². The number of nitrogens with zero attached hydrogens (tertiary/aromatic N) is 2. The van der Waals surface area contributed by atoms with Crippen LogP contribution in [0.4, 0.5) is 4.79 Å². The molecule has 0 radical (unpaired) electrons. The first-order valence-electron chi connectivity index (χ1n) is 27.8. The molecule has 3 aromatic rings. The van der Waals surface area contributed by atoms with Crippen molar-refractivity contribution < 1.29 is 43.1 Å². The Kier molecular flexibility index (Phi) is 20.3. The zero-order valence-corrected chi connectivity index (χ0v) is 45.8. The fraction of sp³-hybridized carbons (Fsp3) is 0.559. The van der Waals surface area contributed by atoms with Crippen LogP contribution < -0.4 is 37.2 Å². The molecule has 8 amide bonds. The van der Waals surface area contributed by atoms with Crippen molar-refractivity contribution in [3.05, 3.63) is 107 Å². The normalized spacial score (nSPS) is 22.0. The van der Waals surface area contributed by atoms with E-state index in [4.69, 9.17) is 4.74 Å². The summed E-state index contributed by atoms with van der Waals surface area (Å²) in [6.45, 7) is 9.83. The van der Waals surface area contributed by atoms with Crippen LogP contribution >= 0.6 is 0 Å². The number of fused-ring (bicyclic) bond motifs is 2. The number of carbonyl (C=O) groups excluding carboxylic acids is 8. The zero-order chi connectivity index (χ0) is 55.2. The third kappa shape index (κ3) is 15.7. The average Bonchev–Trinajstić information content (AvgIpc) is 4.09. The van der Waals surface area contributed by atoms with Gasteiger partial charge in [-0.1, -0.05) is 107 Å². The van der Waals surface area contributed by atoms with Gasteiger partial charge in [0.2, 0.25) is 41.4 Å². The number of benzene rings is 3. The van der Waals surface area contributed by atoms with E-state index in [1.807, 2.05) is 94.4 Å². The topological polar surface area (TPSA) is 236 Å². The van der Waals surface area contributed by atoms with E-state index < -0.39 is 59.6 Å². The van der Waals surface area contributed by atoms with Gasteiger partial charge in [-0.3, -0.25) is 33.6 Å². The standard InChI is InChI=1S/C59H81N9O9/c1-37-32-48(54(72)63-45-26-14-22-40-20-10-12-24-43(40)45)67(34-37)56(74)47(65-58(76)77-36-39-18-8-7-9-19-39)28-17-31-61-50(69)29-16-30-51(70)62-42-33-49(55(73)64-46-27-15-23-41-21-11-13-25-44(41)46)68(35-42)57(75)52(59(3,4)5)66-53(71)38(2)60-6/h7-13,18-21,24-25,37-38,42,45-49,52,60H,14-17,22-23,26-36H2,1-6H3,(H,61,69)(H,62,70)(H,63,72)(H,64,73)(H,65,76)(H,66,71)/t37-,38-,42-,45+,46+,47-,48-,49-,52+/m0/s1. The van der Waals surface area contributed by atoms with Crippen LogP contribution in [0.5, 0.6) is 0 Å². The quantitative estimate of drug-likeness (QED) is 0.0689. The summed E-state index contributed by atoms with van der Waals surface area (Å²) in [5.74, 6) is -2.31. The molecule has 4 aliphatic rings. The van der Waals surface area contributed by atoms with Crippen molar-refractivity contribution in [2.45, 2.75) is 173 Å². The van der Waals surface area contributed by atoms with Gasteiger partial charge in [-0.15, -0.1) is 0 Å². The van der Waals surface area contributed by atoms with Gasteiger partial charge >= 0.3 is 6.09 Å². The van der Waals surface area contributed by atoms with Crippen LogP contribution in [-0.2, 0) is 57.7 Å². The smallest absolute Gasteiger partial charge is 0.408 e. The molecule has 77 heavy (non-hydrogen) atoms. The molecule has 0 unspecified atom stereocenters. The van der Waals surface area contributed by atoms with Crippen molar-refractivity contribution in [2.24, 2.45) is 11.3 Å². The molecule has 2 saturated heterocycles. The number of ether oxygens (including phenoxy) is 1. The van der Waals surface area contributed by atoms with Crippen LogP contribution in [0.25, 0.3) is 0 Å². The number of nitrogens with one attached hydrogen (secondary N) is 7. The first kappa shape index (κ1) is 57.9. The van der Waals surface area contributed by atoms with Crippen molar-refractivity contribution in [3.63, 3.8) is 0 Å². The van der Waals surface area contributed by atoms with E-state index in [0.29, 0.717) is 19.4 Å². The highest BCUT2D eigenvalue weighted by Gasteiger charge is 2.46. The van der Waals surface area contributed by atoms with Gasteiger partial charge in [0.15, 0.2) is 0 Å². The second-order valence-corrected chi connectivity index (χ2v) is 22.6. The molecule has 7 rings (SSSR count). The first-order chi connectivity index (χ1) is 36.9. The first-order valence-corrected chi connectivity index (χ1v) is 27.8. The number of aryl methyl sites for hydroxylation is 2. The number of hydrogen-bond donors (Lipinski definition) is 7. The third-order valence-corrected chi connectivity index (χ3v) is 15.5. The van der Waals surface area contributed by atoms with Crippen molar-refractivity contribution in [3.8, 4) is 0 Å². The summed E-state index contributed by atoms with van der Waals surface area (Å²) < 4.78 is 5.51. The molecule has 2 fully saturated rings. The lowest BCUT2D eigenvalue weighted by Gasteiger charge is -2.36. The van der Waals surface area contributed by atoms with E-state index in [1.54, 1.807) is 18.9 Å². The molecular weight excluding hydrogens is 979 g/mol. The Bertz CT molecular complexity index is 2570. The summed E-state index contributed by atoms with van der Waals surface area (Å²) in [7, 11) is 1.66. The third-order valence-electron chi connectivity index (χ3n) is 15.5. The van der Waals surface area contributed by atoms with Crippen LogP contribution in [0, 0.1) is 11.3 Å². The second-order valence-electron chi connectivity index (χ2n) is 22.6.